The van der Waals surface area contributed by atoms with Gasteiger partial charge in [-0.1, -0.05) is 16.8 Å². The summed E-state index contributed by atoms with van der Waals surface area (Å²) < 4.78 is 32.1. The first-order valence-electron chi connectivity index (χ1n) is 8.34. The van der Waals surface area contributed by atoms with Crippen LogP contribution in [0, 0.1) is 4.91 Å². The number of nitrogens with zero attached hydrogens (tertiary/aromatic N) is 2. The molecule has 0 aliphatic carbocycles. The van der Waals surface area contributed by atoms with Gasteiger partial charge in [0, 0.05) is 17.9 Å². The van der Waals surface area contributed by atoms with Gasteiger partial charge >= 0.3 is 5.97 Å². The predicted molar refractivity (Wildman–Crippen MR) is 105 cm³/mol. The van der Waals surface area contributed by atoms with Gasteiger partial charge in [-0.2, -0.15) is 4.91 Å². The van der Waals surface area contributed by atoms with Gasteiger partial charge in [0.2, 0.25) is 9.84 Å². The highest BCUT2D eigenvalue weighted by Crippen LogP contribution is 2.43. The van der Waals surface area contributed by atoms with Gasteiger partial charge in [-0.05, 0) is 31.2 Å². The average Bonchev–Trinajstić information content (AvgIpc) is 2.62. The van der Waals surface area contributed by atoms with E-state index in [9.17, 15) is 18.1 Å². The number of hydrogen-bond donors (Lipinski definition) is 2. The Morgan fingerprint density at radius 1 is 1.37 bits per heavy atom. The van der Waals surface area contributed by atoms with E-state index in [1.807, 2.05) is 7.05 Å². The van der Waals surface area contributed by atoms with Crippen molar-refractivity contribution in [1.82, 2.24) is 0 Å². The highest BCUT2D eigenvalue weighted by atomic mass is 35.5. The third-order valence-electron chi connectivity index (χ3n) is 5.01. The van der Waals surface area contributed by atoms with E-state index in [0.29, 0.717) is 18.1 Å². The zero-order chi connectivity index (χ0) is 20.5. The number of nitroso groups, excluding NO2 is 1. The number of ether oxygens (including phenoxy) is 1. The second-order valence-corrected chi connectivity index (χ2v) is 10.3. The standard InChI is InChI=1S/C16H23ClN3O5S2/c1-3-25-14(21)16(18,15(19-22)8-10-20(2,26)11-9-15)27(23,24)13-6-4-12(17)5-7-13/h4-7,26H,3,8-11,18H2,1-2H3/q+1. The van der Waals surface area contributed by atoms with Crippen molar-refractivity contribution in [3.63, 3.8) is 0 Å². The number of quaternary nitrogens is 1. The van der Waals surface area contributed by atoms with Crippen molar-refractivity contribution in [2.24, 2.45) is 10.9 Å². The quantitative estimate of drug-likeness (QED) is 0.304. The zero-order valence-electron chi connectivity index (χ0n) is 15.1. The number of piperidine rings is 1. The number of hydrogen-bond acceptors (Lipinski definition) is 8. The van der Waals surface area contributed by atoms with Gasteiger partial charge in [0.25, 0.3) is 4.87 Å². The molecule has 2 rings (SSSR count). The minimum absolute atomic E-state index is 0.0291. The zero-order valence-corrected chi connectivity index (χ0v) is 17.6. The van der Waals surface area contributed by atoms with E-state index in [1.165, 1.54) is 31.2 Å². The minimum Gasteiger partial charge on any atom is -0.464 e. The maximum Gasteiger partial charge on any atom is 0.345 e. The highest BCUT2D eigenvalue weighted by molar-refractivity contribution is 7.93. The van der Waals surface area contributed by atoms with Gasteiger partial charge in [-0.25, -0.2) is 13.2 Å². The summed E-state index contributed by atoms with van der Waals surface area (Å²) in [6.45, 7) is 2.05. The van der Waals surface area contributed by atoms with Crippen LogP contribution in [0.2, 0.25) is 5.02 Å². The second kappa shape index (κ2) is 7.67. The van der Waals surface area contributed by atoms with E-state index in [0.717, 1.165) is 0 Å². The molecule has 27 heavy (non-hydrogen) atoms. The summed E-state index contributed by atoms with van der Waals surface area (Å²) in [5.74, 6) is -1.20. The molecule has 150 valence electrons. The van der Waals surface area contributed by atoms with Crippen LogP contribution in [-0.4, -0.2) is 55.4 Å². The van der Waals surface area contributed by atoms with Gasteiger partial charge in [-0.15, -0.1) is 0 Å². The largest absolute Gasteiger partial charge is 0.464 e. The van der Waals surface area contributed by atoms with Crippen LogP contribution in [0.5, 0.6) is 0 Å². The topological polar surface area (TPSA) is 116 Å². The van der Waals surface area contributed by atoms with E-state index >= 15 is 0 Å². The number of carbonyl (C=O) groups is 1. The Kier molecular flexibility index (Phi) is 6.27. The Hall–Kier alpha value is -1.20. The van der Waals surface area contributed by atoms with Crippen LogP contribution in [0.4, 0.5) is 0 Å². The Morgan fingerprint density at radius 3 is 2.33 bits per heavy atom. The number of benzene rings is 1. The molecule has 0 bridgehead atoms. The maximum atomic E-state index is 13.4. The molecule has 1 aliphatic rings. The molecule has 1 aliphatic heterocycles. The Morgan fingerprint density at radius 2 is 1.89 bits per heavy atom. The van der Waals surface area contributed by atoms with Crippen LogP contribution in [-0.2, 0) is 19.4 Å². The van der Waals surface area contributed by atoms with Crippen LogP contribution in [0.3, 0.4) is 0 Å². The van der Waals surface area contributed by atoms with Crippen molar-refractivity contribution < 1.29 is 21.8 Å². The van der Waals surface area contributed by atoms with Crippen molar-refractivity contribution in [1.29, 1.82) is 0 Å². The first-order valence-corrected chi connectivity index (χ1v) is 10.6. The van der Waals surface area contributed by atoms with Gasteiger partial charge in [0.05, 0.1) is 44.5 Å². The molecular weight excluding hydrogens is 414 g/mol. The average molecular weight is 437 g/mol. The van der Waals surface area contributed by atoms with Gasteiger partial charge < -0.3 is 10.5 Å². The molecule has 1 atom stereocenters. The van der Waals surface area contributed by atoms with Crippen molar-refractivity contribution in [2.45, 2.75) is 35.1 Å². The van der Waals surface area contributed by atoms with Gasteiger partial charge in [0.1, 0.15) is 0 Å². The molecular formula is C16H23ClN3O5S2+. The van der Waals surface area contributed by atoms with E-state index in [2.05, 4.69) is 18.0 Å². The van der Waals surface area contributed by atoms with E-state index in [4.69, 9.17) is 22.1 Å². The fraction of sp³-hybridized carbons (Fsp3) is 0.562. The molecule has 0 radical (unpaired) electrons. The maximum absolute atomic E-state index is 13.4. The molecule has 1 fully saturated rings. The molecule has 2 N–H and O–H groups in total. The normalized spacial score (nSPS) is 28.2. The molecule has 0 aromatic heterocycles. The van der Waals surface area contributed by atoms with Gasteiger partial charge in [-0.3, -0.25) is 3.89 Å². The molecule has 0 spiro atoms. The highest BCUT2D eigenvalue weighted by Gasteiger charge is 2.67. The summed E-state index contributed by atoms with van der Waals surface area (Å²) in [5, 5.41) is 3.42. The number of esters is 1. The lowest BCUT2D eigenvalue weighted by molar-refractivity contribution is -0.778. The van der Waals surface area contributed by atoms with Crippen molar-refractivity contribution in [3.8, 4) is 0 Å². The number of halogens is 1. The van der Waals surface area contributed by atoms with Gasteiger partial charge in [0.15, 0.2) is 5.54 Å². The van der Waals surface area contributed by atoms with Crippen LogP contribution < -0.4 is 5.73 Å². The molecule has 1 unspecified atom stereocenters. The van der Waals surface area contributed by atoms with E-state index in [1.54, 1.807) is 0 Å². The third kappa shape index (κ3) is 3.73. The number of carbonyl (C=O) groups excluding carboxylic acids is 1. The van der Waals surface area contributed by atoms with Crippen LogP contribution >= 0.6 is 24.4 Å². The van der Waals surface area contributed by atoms with Crippen molar-refractivity contribution in [2.75, 3.05) is 26.7 Å². The molecule has 1 aromatic rings. The summed E-state index contributed by atoms with van der Waals surface area (Å²) >= 11 is 10.3. The molecule has 0 saturated carbocycles. The van der Waals surface area contributed by atoms with Crippen molar-refractivity contribution in [3.05, 3.63) is 34.2 Å². The summed E-state index contributed by atoms with van der Waals surface area (Å²) in [5.41, 5.74) is 4.39. The van der Waals surface area contributed by atoms with Crippen LogP contribution in [0.15, 0.2) is 34.3 Å². The fourth-order valence-electron chi connectivity index (χ4n) is 3.21. The second-order valence-electron chi connectivity index (χ2n) is 6.82. The first kappa shape index (κ1) is 22.1. The monoisotopic (exact) mass is 436 g/mol. The molecule has 1 aromatic carbocycles. The Labute approximate surface area is 169 Å². The lowest BCUT2D eigenvalue weighted by atomic mass is 9.81. The first-order chi connectivity index (χ1) is 12.5. The number of thiol groups is 1. The summed E-state index contributed by atoms with van der Waals surface area (Å²) in [6.07, 6.45) is -0.0583. The lowest BCUT2D eigenvalue weighted by Gasteiger charge is -2.45. The number of rotatable bonds is 6. The van der Waals surface area contributed by atoms with Crippen molar-refractivity contribution >= 4 is 40.2 Å². The number of sulfone groups is 1. The molecule has 11 heteroatoms. The third-order valence-corrected chi connectivity index (χ3v) is 7.95. The number of nitrogens with two attached hydrogens (primary N) is 1. The fourth-order valence-corrected chi connectivity index (χ4v) is 5.42. The lowest BCUT2D eigenvalue weighted by Crippen LogP contribution is -2.72. The molecule has 1 saturated heterocycles. The van der Waals surface area contributed by atoms with Crippen LogP contribution in [0.25, 0.3) is 0 Å². The summed E-state index contributed by atoms with van der Waals surface area (Å²) in [4.78, 5) is 21.8. The molecule has 8 nitrogen and oxygen atoms in total. The van der Waals surface area contributed by atoms with Crippen LogP contribution in [0.1, 0.15) is 19.8 Å². The van der Waals surface area contributed by atoms with E-state index < -0.39 is 26.2 Å². The SMILES string of the molecule is CCOC(=O)C(N)(C1(N=O)CC[N+](C)(S)CC1)S(=O)(=O)c1ccc(Cl)cc1. The summed E-state index contributed by atoms with van der Waals surface area (Å²) in [7, 11) is -2.71. The molecule has 0 amide bonds. The Balaban J connectivity index is 2.67. The predicted octanol–water partition coefficient (Wildman–Crippen LogP) is 1.92. The van der Waals surface area contributed by atoms with E-state index in [-0.39, 0.29) is 28.2 Å². The molecule has 1 heterocycles. The smallest absolute Gasteiger partial charge is 0.345 e. The Bertz CT molecular complexity index is 819. The summed E-state index contributed by atoms with van der Waals surface area (Å²) in [6, 6.07) is 5.20. The number of likely N-dealkylation sites (tertiary alicyclic amines) is 1. The minimum atomic E-state index is -4.53.